The summed E-state index contributed by atoms with van der Waals surface area (Å²) in [4.78, 5) is 28.0. The zero-order valence-electron chi connectivity index (χ0n) is 16.7. The Balaban J connectivity index is 1.55. The lowest BCUT2D eigenvalue weighted by Gasteiger charge is -2.34. The van der Waals surface area contributed by atoms with E-state index in [2.05, 4.69) is 5.32 Å². The minimum absolute atomic E-state index is 0.0734. The van der Waals surface area contributed by atoms with Crippen LogP contribution in [0.3, 0.4) is 0 Å². The Morgan fingerprint density at radius 3 is 2.35 bits per heavy atom. The molecule has 1 aliphatic rings. The molecule has 31 heavy (non-hydrogen) atoms. The van der Waals surface area contributed by atoms with E-state index in [0.717, 1.165) is 12.1 Å². The Hall–Kier alpha value is -3.14. The topological polar surface area (TPSA) is 61.9 Å². The van der Waals surface area contributed by atoms with E-state index in [1.54, 1.807) is 4.90 Å². The van der Waals surface area contributed by atoms with Gasteiger partial charge in [0.1, 0.15) is 11.6 Å². The largest absolute Gasteiger partial charge is 0.497 e. The smallest absolute Gasteiger partial charge is 0.418 e. The minimum Gasteiger partial charge on any atom is -0.497 e. The molecule has 166 valence electrons. The van der Waals surface area contributed by atoms with Crippen LogP contribution in [-0.2, 0) is 11.0 Å². The summed E-state index contributed by atoms with van der Waals surface area (Å²) < 4.78 is 58.2. The predicted molar refractivity (Wildman–Crippen MR) is 105 cm³/mol. The van der Waals surface area contributed by atoms with Crippen LogP contribution in [0.5, 0.6) is 5.75 Å². The molecule has 6 nitrogen and oxygen atoms in total. The molecule has 0 bridgehead atoms. The lowest BCUT2D eigenvalue weighted by Crippen LogP contribution is -2.50. The number of piperazine rings is 1. The highest BCUT2D eigenvalue weighted by molar-refractivity contribution is 5.95. The maximum atomic E-state index is 14.1. The van der Waals surface area contributed by atoms with Gasteiger partial charge in [0, 0.05) is 32.2 Å². The number of rotatable bonds is 5. The summed E-state index contributed by atoms with van der Waals surface area (Å²) in [5.41, 5.74) is -1.29. The van der Waals surface area contributed by atoms with Crippen LogP contribution in [0.1, 0.15) is 15.9 Å². The van der Waals surface area contributed by atoms with Crippen molar-refractivity contribution in [2.45, 2.75) is 6.18 Å². The molecule has 1 fully saturated rings. The number of alkyl halides is 3. The molecule has 2 aromatic carbocycles. The molecule has 1 N–H and O–H groups in total. The second kappa shape index (κ2) is 9.34. The minimum atomic E-state index is -4.58. The molecule has 1 aliphatic heterocycles. The number of nitrogens with zero attached hydrogens (tertiary/aromatic N) is 2. The standard InChI is InChI=1S/C21H21F4N3O3/c1-31-14-6-7-15(17(22)12-14)20(30)28-10-8-27(9-11-28)13-19(29)26-18-5-3-2-4-16(18)21(23,24)25/h2-7,12H,8-11,13H2,1H3,(H,26,29). The van der Waals surface area contributed by atoms with Crippen LogP contribution < -0.4 is 10.1 Å². The van der Waals surface area contributed by atoms with Crippen LogP contribution in [0, 0.1) is 5.82 Å². The first-order valence-electron chi connectivity index (χ1n) is 9.50. The van der Waals surface area contributed by atoms with Gasteiger partial charge in [-0.15, -0.1) is 0 Å². The highest BCUT2D eigenvalue weighted by Gasteiger charge is 2.33. The number of amides is 2. The van der Waals surface area contributed by atoms with Crippen molar-refractivity contribution in [1.82, 2.24) is 9.80 Å². The van der Waals surface area contributed by atoms with Gasteiger partial charge in [0.15, 0.2) is 0 Å². The van der Waals surface area contributed by atoms with Crippen LogP contribution in [-0.4, -0.2) is 61.4 Å². The predicted octanol–water partition coefficient (Wildman–Crippen LogP) is 3.25. The number of nitrogens with one attached hydrogen (secondary N) is 1. The fraction of sp³-hybridized carbons (Fsp3) is 0.333. The van der Waals surface area contributed by atoms with E-state index in [9.17, 15) is 27.2 Å². The summed E-state index contributed by atoms with van der Waals surface area (Å²) in [5.74, 6) is -1.44. The number of halogens is 4. The average molecular weight is 439 g/mol. The first-order chi connectivity index (χ1) is 14.7. The first kappa shape index (κ1) is 22.5. The molecule has 1 saturated heterocycles. The number of ether oxygens (including phenoxy) is 1. The summed E-state index contributed by atoms with van der Waals surface area (Å²) in [5, 5.41) is 2.30. The van der Waals surface area contributed by atoms with Gasteiger partial charge in [-0.3, -0.25) is 14.5 Å². The molecule has 0 unspecified atom stereocenters. The van der Waals surface area contributed by atoms with Crippen molar-refractivity contribution < 1.29 is 31.9 Å². The SMILES string of the molecule is COc1ccc(C(=O)N2CCN(CC(=O)Nc3ccccc3C(F)(F)F)CC2)c(F)c1. The molecule has 3 rings (SSSR count). The zero-order valence-corrected chi connectivity index (χ0v) is 16.7. The van der Waals surface area contributed by atoms with Crippen molar-refractivity contribution in [2.24, 2.45) is 0 Å². The zero-order chi connectivity index (χ0) is 22.6. The average Bonchev–Trinajstić information content (AvgIpc) is 2.73. The molecule has 0 spiro atoms. The number of carbonyl (C=O) groups is 2. The van der Waals surface area contributed by atoms with E-state index in [1.807, 2.05) is 0 Å². The van der Waals surface area contributed by atoms with E-state index in [-0.39, 0.29) is 30.9 Å². The molecule has 0 saturated carbocycles. The second-order valence-corrected chi connectivity index (χ2v) is 7.01. The van der Waals surface area contributed by atoms with E-state index < -0.39 is 29.4 Å². The van der Waals surface area contributed by atoms with E-state index in [4.69, 9.17) is 4.74 Å². The number of hydrogen-bond donors (Lipinski definition) is 1. The maximum Gasteiger partial charge on any atom is 0.418 e. The van der Waals surface area contributed by atoms with Crippen molar-refractivity contribution >= 4 is 17.5 Å². The summed E-state index contributed by atoms with van der Waals surface area (Å²) >= 11 is 0. The van der Waals surface area contributed by atoms with Crippen molar-refractivity contribution in [3.05, 3.63) is 59.4 Å². The fourth-order valence-electron chi connectivity index (χ4n) is 3.31. The van der Waals surface area contributed by atoms with Gasteiger partial charge in [0.25, 0.3) is 5.91 Å². The van der Waals surface area contributed by atoms with Gasteiger partial charge in [0.05, 0.1) is 30.5 Å². The third kappa shape index (κ3) is 5.52. The van der Waals surface area contributed by atoms with Crippen molar-refractivity contribution in [3.8, 4) is 5.75 Å². The Labute approximate surface area is 176 Å². The van der Waals surface area contributed by atoms with Crippen LogP contribution in [0.25, 0.3) is 0 Å². The summed E-state index contributed by atoms with van der Waals surface area (Å²) in [6.45, 7) is 1.06. The molecule has 0 aromatic heterocycles. The lowest BCUT2D eigenvalue weighted by atomic mass is 10.1. The van der Waals surface area contributed by atoms with E-state index in [0.29, 0.717) is 18.8 Å². The second-order valence-electron chi connectivity index (χ2n) is 7.01. The van der Waals surface area contributed by atoms with E-state index in [1.165, 1.54) is 42.3 Å². The molecule has 0 atom stereocenters. The van der Waals surface area contributed by atoms with Crippen molar-refractivity contribution in [2.75, 3.05) is 45.2 Å². The lowest BCUT2D eigenvalue weighted by molar-refractivity contribution is -0.137. The highest BCUT2D eigenvalue weighted by atomic mass is 19.4. The normalized spacial score (nSPS) is 14.9. The van der Waals surface area contributed by atoms with Gasteiger partial charge in [-0.2, -0.15) is 13.2 Å². The summed E-state index contributed by atoms with van der Waals surface area (Å²) in [6.07, 6.45) is -4.58. The maximum absolute atomic E-state index is 14.1. The fourth-order valence-corrected chi connectivity index (χ4v) is 3.31. The number of anilines is 1. The Morgan fingerprint density at radius 2 is 1.74 bits per heavy atom. The van der Waals surface area contributed by atoms with Crippen LogP contribution in [0.2, 0.25) is 0 Å². The van der Waals surface area contributed by atoms with Crippen molar-refractivity contribution in [1.29, 1.82) is 0 Å². The van der Waals surface area contributed by atoms with Gasteiger partial charge in [-0.25, -0.2) is 4.39 Å². The third-order valence-electron chi connectivity index (χ3n) is 4.94. The number of benzene rings is 2. The van der Waals surface area contributed by atoms with Crippen LogP contribution in [0.4, 0.5) is 23.2 Å². The number of hydrogen-bond acceptors (Lipinski definition) is 4. The molecular formula is C21H21F4N3O3. The van der Waals surface area contributed by atoms with Gasteiger partial charge in [0.2, 0.25) is 5.91 Å². The summed E-state index contributed by atoms with van der Waals surface area (Å²) in [7, 11) is 1.40. The molecule has 1 heterocycles. The molecule has 2 aromatic rings. The number of methoxy groups -OCH3 is 1. The van der Waals surface area contributed by atoms with Gasteiger partial charge < -0.3 is 15.0 Å². The Kier molecular flexibility index (Phi) is 6.79. The quantitative estimate of drug-likeness (QED) is 0.727. The number of carbonyl (C=O) groups excluding carboxylic acids is 2. The molecule has 0 aliphatic carbocycles. The van der Waals surface area contributed by atoms with Gasteiger partial charge >= 0.3 is 6.18 Å². The molecular weight excluding hydrogens is 418 g/mol. The van der Waals surface area contributed by atoms with E-state index >= 15 is 0 Å². The Bertz CT molecular complexity index is 957. The highest BCUT2D eigenvalue weighted by Crippen LogP contribution is 2.34. The first-order valence-corrected chi connectivity index (χ1v) is 9.50. The molecule has 2 amide bonds. The van der Waals surface area contributed by atoms with Crippen LogP contribution >= 0.6 is 0 Å². The van der Waals surface area contributed by atoms with Gasteiger partial charge in [-0.05, 0) is 24.3 Å². The van der Waals surface area contributed by atoms with Crippen molar-refractivity contribution in [3.63, 3.8) is 0 Å². The monoisotopic (exact) mass is 439 g/mol. The summed E-state index contributed by atoms with van der Waals surface area (Å²) in [6, 6.07) is 8.74. The van der Waals surface area contributed by atoms with Crippen LogP contribution in [0.15, 0.2) is 42.5 Å². The third-order valence-corrected chi connectivity index (χ3v) is 4.94. The number of para-hydroxylation sites is 1. The molecule has 10 heteroatoms. The Morgan fingerprint density at radius 1 is 1.06 bits per heavy atom. The van der Waals surface area contributed by atoms with Gasteiger partial charge in [-0.1, -0.05) is 12.1 Å². The molecule has 0 radical (unpaired) electrons.